The van der Waals surface area contributed by atoms with E-state index < -0.39 is 0 Å². The van der Waals surface area contributed by atoms with E-state index in [2.05, 4.69) is 38.5 Å². The molecule has 0 aliphatic carbocycles. The van der Waals surface area contributed by atoms with E-state index in [9.17, 15) is 0 Å². The van der Waals surface area contributed by atoms with Crippen molar-refractivity contribution in [2.75, 3.05) is 0 Å². The molecule has 2 nitrogen and oxygen atoms in total. The van der Waals surface area contributed by atoms with Gasteiger partial charge in [0.15, 0.2) is 5.82 Å². The zero-order chi connectivity index (χ0) is 5.98. The molecule has 0 aliphatic heterocycles. The van der Waals surface area contributed by atoms with Gasteiger partial charge in [-0.05, 0) is 28.5 Å². The molecule has 1 heterocycles. The number of aromatic amines is 1. The Hall–Kier alpha value is -0.500. The van der Waals surface area contributed by atoms with Crippen LogP contribution in [0.1, 0.15) is 5.82 Å². The van der Waals surface area contributed by atoms with E-state index in [1.807, 2.05) is 0 Å². The van der Waals surface area contributed by atoms with Gasteiger partial charge in [0.1, 0.15) is 3.70 Å². The quantitative estimate of drug-likeness (QED) is 0.510. The summed E-state index contributed by atoms with van der Waals surface area (Å²) < 4.78 is 0.899. The second-order valence-electron chi connectivity index (χ2n) is 1.22. The summed E-state index contributed by atoms with van der Waals surface area (Å²) in [4.78, 5) is 6.72. The van der Waals surface area contributed by atoms with Crippen molar-refractivity contribution in [2.24, 2.45) is 0 Å². The molecular formula is C5H3IN2. The minimum absolute atomic E-state index is 0.592. The first-order chi connectivity index (χ1) is 3.83. The van der Waals surface area contributed by atoms with Gasteiger partial charge in [-0.3, -0.25) is 0 Å². The molecule has 0 aromatic carbocycles. The minimum atomic E-state index is 0.592. The van der Waals surface area contributed by atoms with Crippen molar-refractivity contribution in [3.63, 3.8) is 0 Å². The van der Waals surface area contributed by atoms with Gasteiger partial charge >= 0.3 is 0 Å². The molecule has 0 unspecified atom stereocenters. The molecule has 0 saturated heterocycles. The van der Waals surface area contributed by atoms with Crippen molar-refractivity contribution in [1.29, 1.82) is 0 Å². The summed E-state index contributed by atoms with van der Waals surface area (Å²) in [6.45, 7) is 0. The Kier molecular flexibility index (Phi) is 1.53. The number of nitrogens with one attached hydrogen (secondary N) is 1. The molecule has 0 saturated carbocycles. The molecule has 1 aromatic heterocycles. The Bertz CT molecular complexity index is 221. The van der Waals surface area contributed by atoms with Gasteiger partial charge in [-0.2, -0.15) is 0 Å². The predicted octanol–water partition coefficient (Wildman–Crippen LogP) is 0.996. The van der Waals surface area contributed by atoms with Crippen LogP contribution in [0.5, 0.6) is 0 Å². The highest BCUT2D eigenvalue weighted by atomic mass is 127. The summed E-state index contributed by atoms with van der Waals surface area (Å²) in [6, 6.07) is 0. The summed E-state index contributed by atoms with van der Waals surface area (Å²) in [5.41, 5.74) is 0. The van der Waals surface area contributed by atoms with Gasteiger partial charge < -0.3 is 4.98 Å². The number of hydrogen-bond acceptors (Lipinski definition) is 1. The van der Waals surface area contributed by atoms with Crippen LogP contribution in [-0.4, -0.2) is 9.97 Å². The van der Waals surface area contributed by atoms with E-state index in [4.69, 9.17) is 6.42 Å². The maximum atomic E-state index is 5.02. The molecule has 3 heteroatoms. The van der Waals surface area contributed by atoms with Crippen LogP contribution in [0.15, 0.2) is 6.20 Å². The number of imidazole rings is 1. The molecule has 0 spiro atoms. The molecule has 40 valence electrons. The summed E-state index contributed by atoms with van der Waals surface area (Å²) in [5.74, 6) is 2.97. The van der Waals surface area contributed by atoms with Crippen LogP contribution < -0.4 is 0 Å². The lowest BCUT2D eigenvalue weighted by Gasteiger charge is -1.70. The van der Waals surface area contributed by atoms with Crippen LogP contribution in [0.3, 0.4) is 0 Å². The van der Waals surface area contributed by atoms with Crippen molar-refractivity contribution in [1.82, 2.24) is 9.97 Å². The highest BCUT2D eigenvalue weighted by molar-refractivity contribution is 14.1. The maximum absolute atomic E-state index is 5.02. The fraction of sp³-hybridized carbons (Fsp3) is 0. The van der Waals surface area contributed by atoms with Gasteiger partial charge in [0.05, 0.1) is 0 Å². The first-order valence-electron chi connectivity index (χ1n) is 2.00. The van der Waals surface area contributed by atoms with Gasteiger partial charge in [-0.15, -0.1) is 6.42 Å². The second kappa shape index (κ2) is 2.18. The fourth-order valence-electron chi connectivity index (χ4n) is 0.373. The van der Waals surface area contributed by atoms with Crippen molar-refractivity contribution in [3.05, 3.63) is 15.7 Å². The molecule has 0 bridgehead atoms. The number of aromatic nitrogens is 2. The number of nitrogens with zero attached hydrogens (tertiary/aromatic N) is 1. The number of halogens is 1. The molecule has 1 rings (SSSR count). The van der Waals surface area contributed by atoms with Gasteiger partial charge in [0, 0.05) is 6.20 Å². The molecule has 0 atom stereocenters. The highest BCUT2D eigenvalue weighted by Crippen LogP contribution is 1.97. The number of rotatable bonds is 0. The first kappa shape index (κ1) is 5.63. The van der Waals surface area contributed by atoms with E-state index in [1.54, 1.807) is 6.20 Å². The van der Waals surface area contributed by atoms with Crippen LogP contribution in [-0.2, 0) is 0 Å². The molecule has 0 aliphatic rings. The van der Waals surface area contributed by atoms with Crippen LogP contribution in [0.25, 0.3) is 0 Å². The Morgan fingerprint density at radius 2 is 2.62 bits per heavy atom. The molecule has 0 amide bonds. The number of terminal acetylenes is 1. The highest BCUT2D eigenvalue weighted by Gasteiger charge is 1.89. The third-order valence-electron chi connectivity index (χ3n) is 0.683. The first-order valence-corrected chi connectivity index (χ1v) is 3.08. The summed E-state index contributed by atoms with van der Waals surface area (Å²) in [7, 11) is 0. The van der Waals surface area contributed by atoms with E-state index in [-0.39, 0.29) is 0 Å². The minimum Gasteiger partial charge on any atom is -0.337 e. The Labute approximate surface area is 60.9 Å². The molecular weight excluding hydrogens is 215 g/mol. The van der Waals surface area contributed by atoms with Gasteiger partial charge in [0.25, 0.3) is 0 Å². The topological polar surface area (TPSA) is 28.7 Å². The lowest BCUT2D eigenvalue weighted by atomic mass is 10.7. The summed E-state index contributed by atoms with van der Waals surface area (Å²) >= 11 is 2.09. The van der Waals surface area contributed by atoms with E-state index in [1.165, 1.54) is 0 Å². The van der Waals surface area contributed by atoms with Gasteiger partial charge in [0.2, 0.25) is 0 Å². The lowest BCUT2D eigenvalue weighted by molar-refractivity contribution is 1.24. The monoisotopic (exact) mass is 218 g/mol. The number of hydrogen-bond donors (Lipinski definition) is 1. The van der Waals surface area contributed by atoms with Gasteiger partial charge in [-0.1, -0.05) is 0 Å². The van der Waals surface area contributed by atoms with E-state index in [0.717, 1.165) is 3.70 Å². The largest absolute Gasteiger partial charge is 0.337 e. The predicted molar refractivity (Wildman–Crippen MR) is 39.2 cm³/mol. The Morgan fingerprint density at radius 1 is 1.88 bits per heavy atom. The van der Waals surface area contributed by atoms with Crippen LogP contribution in [0, 0.1) is 16.0 Å². The zero-order valence-electron chi connectivity index (χ0n) is 3.98. The average Bonchev–Trinajstić information content (AvgIpc) is 2.14. The maximum Gasteiger partial charge on any atom is 0.183 e. The third kappa shape index (κ3) is 1.01. The van der Waals surface area contributed by atoms with Crippen LogP contribution >= 0.6 is 22.6 Å². The van der Waals surface area contributed by atoms with Gasteiger partial charge in [-0.25, -0.2) is 4.98 Å². The molecule has 0 fully saturated rings. The fourth-order valence-corrected chi connectivity index (χ4v) is 0.770. The average molecular weight is 218 g/mol. The van der Waals surface area contributed by atoms with Crippen molar-refractivity contribution < 1.29 is 0 Å². The summed E-state index contributed by atoms with van der Waals surface area (Å²) in [5, 5.41) is 0. The van der Waals surface area contributed by atoms with Crippen molar-refractivity contribution in [3.8, 4) is 12.3 Å². The lowest BCUT2D eigenvalue weighted by Crippen LogP contribution is -1.73. The van der Waals surface area contributed by atoms with Crippen molar-refractivity contribution in [2.45, 2.75) is 0 Å². The standard InChI is InChI=1S/C5H3IN2/c1-2-5-7-3-4(6)8-5/h1,3H,(H,7,8). The second-order valence-corrected chi connectivity index (χ2v) is 2.32. The van der Waals surface area contributed by atoms with Crippen molar-refractivity contribution >= 4 is 22.6 Å². The number of H-pyrrole nitrogens is 1. The van der Waals surface area contributed by atoms with Crippen LogP contribution in [0.4, 0.5) is 0 Å². The smallest absolute Gasteiger partial charge is 0.183 e. The molecule has 1 N–H and O–H groups in total. The zero-order valence-corrected chi connectivity index (χ0v) is 6.14. The molecule has 0 radical (unpaired) electrons. The molecule has 8 heavy (non-hydrogen) atoms. The molecule has 1 aromatic rings. The van der Waals surface area contributed by atoms with Crippen LogP contribution in [0.2, 0.25) is 0 Å². The Morgan fingerprint density at radius 3 is 2.88 bits per heavy atom. The Balaban J connectivity index is 3.05. The summed E-state index contributed by atoms with van der Waals surface area (Å²) in [6.07, 6.45) is 6.78. The van der Waals surface area contributed by atoms with E-state index in [0.29, 0.717) is 5.82 Å². The SMILES string of the molecule is C#Cc1nc(I)c[nH]1. The van der Waals surface area contributed by atoms with E-state index >= 15 is 0 Å². The normalized spacial score (nSPS) is 8.50. The third-order valence-corrected chi connectivity index (χ3v) is 1.24.